The Bertz CT molecular complexity index is 618. The van der Waals surface area contributed by atoms with Gasteiger partial charge in [0.2, 0.25) is 0 Å². The normalized spacial score (nSPS) is 29.3. The summed E-state index contributed by atoms with van der Waals surface area (Å²) in [4.78, 5) is 0. The molecular formula is C18H25N3. The van der Waals surface area contributed by atoms with E-state index in [1.165, 1.54) is 43.2 Å². The summed E-state index contributed by atoms with van der Waals surface area (Å²) in [5.41, 5.74) is 2.63. The van der Waals surface area contributed by atoms with E-state index in [-0.39, 0.29) is 0 Å². The SMILES string of the molecule is CCNC(CC1CC2CCC1C2)c1cnn2ccccc12. The molecule has 0 aliphatic heterocycles. The largest absolute Gasteiger partial charge is 0.310 e. The highest BCUT2D eigenvalue weighted by Gasteiger charge is 2.40. The van der Waals surface area contributed by atoms with E-state index in [0.717, 1.165) is 24.3 Å². The summed E-state index contributed by atoms with van der Waals surface area (Å²) in [5.74, 6) is 2.95. The number of hydrogen-bond donors (Lipinski definition) is 1. The van der Waals surface area contributed by atoms with Crippen LogP contribution in [0.25, 0.3) is 5.52 Å². The van der Waals surface area contributed by atoms with Crippen molar-refractivity contribution in [2.24, 2.45) is 17.8 Å². The van der Waals surface area contributed by atoms with Crippen LogP contribution >= 0.6 is 0 Å². The molecule has 2 saturated carbocycles. The Hall–Kier alpha value is -1.35. The van der Waals surface area contributed by atoms with Crippen molar-refractivity contribution >= 4 is 5.52 Å². The van der Waals surface area contributed by atoms with Crippen LogP contribution in [0.3, 0.4) is 0 Å². The second-order valence-corrected chi connectivity index (χ2v) is 6.91. The zero-order chi connectivity index (χ0) is 14.2. The molecule has 3 nitrogen and oxygen atoms in total. The van der Waals surface area contributed by atoms with Gasteiger partial charge in [-0.05, 0) is 62.1 Å². The highest BCUT2D eigenvalue weighted by Crippen LogP contribution is 2.51. The molecule has 2 aromatic rings. The molecule has 2 heterocycles. The van der Waals surface area contributed by atoms with Crippen LogP contribution in [-0.4, -0.2) is 16.2 Å². The van der Waals surface area contributed by atoms with Crippen molar-refractivity contribution in [3.63, 3.8) is 0 Å². The van der Waals surface area contributed by atoms with Gasteiger partial charge in [-0.15, -0.1) is 0 Å². The van der Waals surface area contributed by atoms with E-state index in [4.69, 9.17) is 0 Å². The standard InChI is InChI=1S/C18H25N3/c1-2-19-17(11-15-10-13-6-7-14(15)9-13)16-12-20-21-8-4-3-5-18(16)21/h3-5,8,12-15,17,19H,2,6-7,9-11H2,1H3. The van der Waals surface area contributed by atoms with Crippen molar-refractivity contribution in [2.75, 3.05) is 6.54 Å². The van der Waals surface area contributed by atoms with Crippen LogP contribution in [0.15, 0.2) is 30.6 Å². The van der Waals surface area contributed by atoms with Gasteiger partial charge in [-0.2, -0.15) is 5.10 Å². The molecule has 4 unspecified atom stereocenters. The molecule has 2 bridgehead atoms. The smallest absolute Gasteiger partial charge is 0.0709 e. The molecule has 0 spiro atoms. The van der Waals surface area contributed by atoms with Gasteiger partial charge in [-0.1, -0.05) is 19.4 Å². The maximum Gasteiger partial charge on any atom is 0.0709 e. The van der Waals surface area contributed by atoms with Crippen molar-refractivity contribution in [1.82, 2.24) is 14.9 Å². The van der Waals surface area contributed by atoms with E-state index in [1.54, 1.807) is 0 Å². The molecule has 2 aliphatic carbocycles. The first-order valence-electron chi connectivity index (χ1n) is 8.50. The van der Waals surface area contributed by atoms with Gasteiger partial charge in [0.25, 0.3) is 0 Å². The molecule has 3 heteroatoms. The van der Waals surface area contributed by atoms with Gasteiger partial charge in [-0.25, -0.2) is 4.52 Å². The first-order chi connectivity index (χ1) is 10.3. The highest BCUT2D eigenvalue weighted by molar-refractivity contribution is 5.54. The molecule has 0 amide bonds. The minimum atomic E-state index is 0.458. The predicted molar refractivity (Wildman–Crippen MR) is 85.2 cm³/mol. The lowest BCUT2D eigenvalue weighted by Gasteiger charge is -2.27. The molecule has 0 aromatic carbocycles. The lowest BCUT2D eigenvalue weighted by Crippen LogP contribution is -2.25. The molecule has 1 N–H and O–H groups in total. The average molecular weight is 283 g/mol. The Morgan fingerprint density at radius 2 is 2.29 bits per heavy atom. The van der Waals surface area contributed by atoms with Crippen LogP contribution in [-0.2, 0) is 0 Å². The molecule has 0 radical (unpaired) electrons. The van der Waals surface area contributed by atoms with Gasteiger partial charge in [0.1, 0.15) is 0 Å². The molecule has 112 valence electrons. The van der Waals surface area contributed by atoms with Crippen LogP contribution in [0, 0.1) is 17.8 Å². The summed E-state index contributed by atoms with van der Waals surface area (Å²) in [6.45, 7) is 3.23. The molecule has 2 aliphatic rings. The second-order valence-electron chi connectivity index (χ2n) is 6.91. The minimum absolute atomic E-state index is 0.458. The summed E-state index contributed by atoms with van der Waals surface area (Å²) in [7, 11) is 0. The molecular weight excluding hydrogens is 258 g/mol. The average Bonchev–Trinajstić information content (AvgIpc) is 3.21. The van der Waals surface area contributed by atoms with E-state index in [0.29, 0.717) is 6.04 Å². The zero-order valence-corrected chi connectivity index (χ0v) is 12.8. The Morgan fingerprint density at radius 1 is 1.33 bits per heavy atom. The number of aromatic nitrogens is 2. The fourth-order valence-electron chi connectivity index (χ4n) is 4.76. The molecule has 4 atom stereocenters. The van der Waals surface area contributed by atoms with Crippen molar-refractivity contribution in [1.29, 1.82) is 0 Å². The quantitative estimate of drug-likeness (QED) is 0.904. The van der Waals surface area contributed by atoms with E-state index >= 15 is 0 Å². The summed E-state index contributed by atoms with van der Waals surface area (Å²) < 4.78 is 2.00. The first kappa shape index (κ1) is 13.3. The van der Waals surface area contributed by atoms with Gasteiger partial charge in [-0.3, -0.25) is 0 Å². The summed E-state index contributed by atoms with van der Waals surface area (Å²) in [5, 5.41) is 8.23. The van der Waals surface area contributed by atoms with Crippen LogP contribution in [0.5, 0.6) is 0 Å². The summed E-state index contributed by atoms with van der Waals surface area (Å²) in [6.07, 6.45) is 11.3. The number of rotatable bonds is 5. The fraction of sp³-hybridized carbons (Fsp3) is 0.611. The van der Waals surface area contributed by atoms with E-state index in [1.807, 2.05) is 16.8 Å². The number of pyridine rings is 1. The van der Waals surface area contributed by atoms with Gasteiger partial charge < -0.3 is 5.32 Å². The molecule has 21 heavy (non-hydrogen) atoms. The fourth-order valence-corrected chi connectivity index (χ4v) is 4.76. The van der Waals surface area contributed by atoms with Crippen molar-refractivity contribution in [2.45, 2.75) is 45.1 Å². The third-order valence-corrected chi connectivity index (χ3v) is 5.71. The van der Waals surface area contributed by atoms with E-state index in [2.05, 4.69) is 35.7 Å². The maximum atomic E-state index is 4.52. The van der Waals surface area contributed by atoms with E-state index < -0.39 is 0 Å². The third-order valence-electron chi connectivity index (χ3n) is 5.71. The van der Waals surface area contributed by atoms with Crippen molar-refractivity contribution < 1.29 is 0 Å². The van der Waals surface area contributed by atoms with Crippen LogP contribution < -0.4 is 5.32 Å². The highest BCUT2D eigenvalue weighted by atomic mass is 15.2. The monoisotopic (exact) mass is 283 g/mol. The zero-order valence-electron chi connectivity index (χ0n) is 12.8. The van der Waals surface area contributed by atoms with Gasteiger partial charge >= 0.3 is 0 Å². The Labute approximate surface area is 126 Å². The van der Waals surface area contributed by atoms with Gasteiger partial charge in [0, 0.05) is 17.8 Å². The lowest BCUT2D eigenvalue weighted by atomic mass is 9.83. The van der Waals surface area contributed by atoms with Crippen LogP contribution in [0.1, 0.15) is 50.6 Å². The summed E-state index contributed by atoms with van der Waals surface area (Å²) >= 11 is 0. The topological polar surface area (TPSA) is 29.3 Å². The Balaban J connectivity index is 1.59. The van der Waals surface area contributed by atoms with Crippen LogP contribution in [0.4, 0.5) is 0 Å². The number of fused-ring (bicyclic) bond motifs is 3. The Morgan fingerprint density at radius 3 is 3.05 bits per heavy atom. The number of nitrogens with one attached hydrogen (secondary N) is 1. The summed E-state index contributed by atoms with van der Waals surface area (Å²) in [6, 6.07) is 6.80. The third kappa shape index (κ3) is 2.38. The van der Waals surface area contributed by atoms with Gasteiger partial charge in [0.05, 0.1) is 11.7 Å². The lowest BCUT2D eigenvalue weighted by molar-refractivity contribution is 0.281. The minimum Gasteiger partial charge on any atom is -0.310 e. The van der Waals surface area contributed by atoms with E-state index in [9.17, 15) is 0 Å². The van der Waals surface area contributed by atoms with Gasteiger partial charge in [0.15, 0.2) is 0 Å². The van der Waals surface area contributed by atoms with Crippen molar-refractivity contribution in [3.8, 4) is 0 Å². The van der Waals surface area contributed by atoms with Crippen LogP contribution in [0.2, 0.25) is 0 Å². The maximum absolute atomic E-state index is 4.52. The molecule has 2 fully saturated rings. The molecule has 4 rings (SSSR count). The molecule has 0 saturated heterocycles. The number of hydrogen-bond acceptors (Lipinski definition) is 2. The predicted octanol–water partition coefficient (Wildman–Crippen LogP) is 3.81. The Kier molecular flexibility index (Phi) is 3.46. The molecule has 2 aromatic heterocycles. The van der Waals surface area contributed by atoms with Crippen molar-refractivity contribution in [3.05, 3.63) is 36.2 Å². The second kappa shape index (κ2) is 5.45. The first-order valence-corrected chi connectivity index (χ1v) is 8.50. The number of nitrogens with zero attached hydrogens (tertiary/aromatic N) is 2.